The van der Waals surface area contributed by atoms with Crippen LogP contribution >= 0.6 is 0 Å². The zero-order valence-electron chi connectivity index (χ0n) is 11.0. The monoisotopic (exact) mass is 244 g/mol. The minimum absolute atomic E-state index is 0.0422. The third kappa shape index (κ3) is 2.25. The van der Waals surface area contributed by atoms with Crippen LogP contribution in [0.5, 0.6) is 0 Å². The van der Waals surface area contributed by atoms with Crippen LogP contribution in [0.1, 0.15) is 27.4 Å². The predicted molar refractivity (Wildman–Crippen MR) is 69.3 cm³/mol. The molecule has 0 saturated heterocycles. The van der Waals surface area contributed by atoms with E-state index in [-0.39, 0.29) is 5.78 Å². The summed E-state index contributed by atoms with van der Waals surface area (Å²) in [5, 5.41) is 8.28. The van der Waals surface area contributed by atoms with Gasteiger partial charge in [-0.25, -0.2) is 0 Å². The molecule has 0 aromatic carbocycles. The van der Waals surface area contributed by atoms with Crippen LogP contribution in [0.4, 0.5) is 0 Å². The number of nitrogens with zero attached hydrogens (tertiary/aromatic N) is 4. The van der Waals surface area contributed by atoms with Gasteiger partial charge in [-0.3, -0.25) is 14.2 Å². The second-order valence-electron chi connectivity index (χ2n) is 4.30. The van der Waals surface area contributed by atoms with Gasteiger partial charge in [0.25, 0.3) is 0 Å². The summed E-state index contributed by atoms with van der Waals surface area (Å²) in [7, 11) is 3.67. The molecule has 0 saturated carbocycles. The number of hydrogen-bond donors (Lipinski definition) is 0. The van der Waals surface area contributed by atoms with Crippen molar-refractivity contribution in [2.75, 3.05) is 0 Å². The fourth-order valence-corrected chi connectivity index (χ4v) is 1.78. The molecule has 0 fully saturated rings. The van der Waals surface area contributed by atoms with Crippen LogP contribution in [0.25, 0.3) is 6.08 Å². The lowest BCUT2D eigenvalue weighted by Gasteiger charge is -1.96. The highest BCUT2D eigenvalue weighted by Gasteiger charge is 2.09. The molecule has 0 spiro atoms. The van der Waals surface area contributed by atoms with Crippen molar-refractivity contribution in [3.63, 3.8) is 0 Å². The van der Waals surface area contributed by atoms with Crippen LogP contribution in [0.2, 0.25) is 0 Å². The van der Waals surface area contributed by atoms with Crippen LogP contribution < -0.4 is 0 Å². The minimum atomic E-state index is -0.0422. The lowest BCUT2D eigenvalue weighted by Crippen LogP contribution is -1.99. The number of hydrogen-bond acceptors (Lipinski definition) is 3. The number of carbonyl (C=O) groups excluding carboxylic acids is 1. The molecule has 5 heteroatoms. The number of aromatic nitrogens is 4. The number of rotatable bonds is 3. The molecule has 0 aliphatic heterocycles. The van der Waals surface area contributed by atoms with Gasteiger partial charge in [0.15, 0.2) is 5.78 Å². The van der Waals surface area contributed by atoms with Gasteiger partial charge < -0.3 is 0 Å². The number of carbonyl (C=O) groups is 1. The van der Waals surface area contributed by atoms with Crippen molar-refractivity contribution in [2.24, 2.45) is 14.1 Å². The maximum absolute atomic E-state index is 12.0. The fraction of sp³-hybridized carbons (Fsp3) is 0.308. The molecule has 2 aromatic rings. The second-order valence-corrected chi connectivity index (χ2v) is 4.30. The molecule has 18 heavy (non-hydrogen) atoms. The molecule has 0 unspecified atom stereocenters. The summed E-state index contributed by atoms with van der Waals surface area (Å²) in [5.74, 6) is -0.0422. The quantitative estimate of drug-likeness (QED) is 0.609. The Hall–Kier alpha value is -2.17. The Kier molecular flexibility index (Phi) is 3.14. The van der Waals surface area contributed by atoms with Crippen LogP contribution in [-0.4, -0.2) is 25.3 Å². The Morgan fingerprint density at radius 1 is 1.28 bits per heavy atom. The fourth-order valence-electron chi connectivity index (χ4n) is 1.78. The molecule has 0 aliphatic rings. The second kappa shape index (κ2) is 4.60. The zero-order chi connectivity index (χ0) is 13.3. The molecule has 2 aromatic heterocycles. The topological polar surface area (TPSA) is 52.7 Å². The summed E-state index contributed by atoms with van der Waals surface area (Å²) >= 11 is 0. The Labute approximate surface area is 106 Å². The summed E-state index contributed by atoms with van der Waals surface area (Å²) in [6.45, 7) is 3.80. The van der Waals surface area contributed by atoms with Gasteiger partial charge in [-0.15, -0.1) is 0 Å². The van der Waals surface area contributed by atoms with E-state index < -0.39 is 0 Å². The standard InChI is InChI=1S/C13H16N4O/c1-9-7-11(17(4)15-9)5-6-13(18)12-8-14-16(3)10(12)2/h5-8H,1-4H3/b6-5+. The molecule has 0 aliphatic carbocycles. The van der Waals surface area contributed by atoms with Crippen molar-refractivity contribution in [3.8, 4) is 0 Å². The van der Waals surface area contributed by atoms with E-state index in [2.05, 4.69) is 10.2 Å². The maximum atomic E-state index is 12.0. The molecule has 2 heterocycles. The normalized spacial score (nSPS) is 11.3. The van der Waals surface area contributed by atoms with E-state index in [1.165, 1.54) is 0 Å². The lowest BCUT2D eigenvalue weighted by molar-refractivity contribution is 0.104. The average molecular weight is 244 g/mol. The van der Waals surface area contributed by atoms with Crippen molar-refractivity contribution in [1.82, 2.24) is 19.6 Å². The molecular formula is C13H16N4O. The summed E-state index contributed by atoms with van der Waals surface area (Å²) in [5.41, 5.74) is 3.34. The van der Waals surface area contributed by atoms with E-state index in [1.807, 2.05) is 34.0 Å². The lowest BCUT2D eigenvalue weighted by atomic mass is 10.1. The van der Waals surface area contributed by atoms with Crippen molar-refractivity contribution < 1.29 is 4.79 Å². The Balaban J connectivity index is 2.22. The molecule has 0 radical (unpaired) electrons. The van der Waals surface area contributed by atoms with Gasteiger partial charge in [-0.2, -0.15) is 10.2 Å². The number of ketones is 1. The Morgan fingerprint density at radius 2 is 2.00 bits per heavy atom. The first-order valence-electron chi connectivity index (χ1n) is 5.70. The average Bonchev–Trinajstić information content (AvgIpc) is 2.80. The first-order chi connectivity index (χ1) is 8.49. The van der Waals surface area contributed by atoms with Crippen LogP contribution in [0.15, 0.2) is 18.3 Å². The van der Waals surface area contributed by atoms with Crippen molar-refractivity contribution in [3.05, 3.63) is 41.0 Å². The van der Waals surface area contributed by atoms with Gasteiger partial charge >= 0.3 is 0 Å². The van der Waals surface area contributed by atoms with Crippen molar-refractivity contribution in [1.29, 1.82) is 0 Å². The smallest absolute Gasteiger partial charge is 0.189 e. The van der Waals surface area contributed by atoms with Gasteiger partial charge in [-0.1, -0.05) is 0 Å². The third-order valence-electron chi connectivity index (χ3n) is 2.94. The molecule has 5 nitrogen and oxygen atoms in total. The van der Waals surface area contributed by atoms with E-state index in [9.17, 15) is 4.79 Å². The molecule has 0 N–H and O–H groups in total. The summed E-state index contributed by atoms with van der Waals surface area (Å²) in [4.78, 5) is 12.0. The van der Waals surface area contributed by atoms with Crippen molar-refractivity contribution >= 4 is 11.9 Å². The summed E-state index contributed by atoms with van der Waals surface area (Å²) in [6, 6.07) is 1.93. The van der Waals surface area contributed by atoms with E-state index >= 15 is 0 Å². The van der Waals surface area contributed by atoms with Gasteiger partial charge in [0.1, 0.15) is 0 Å². The van der Waals surface area contributed by atoms with Crippen LogP contribution in [0.3, 0.4) is 0 Å². The SMILES string of the molecule is Cc1cc(/C=C/C(=O)c2cnn(C)c2C)n(C)n1. The first-order valence-corrected chi connectivity index (χ1v) is 5.70. The highest BCUT2D eigenvalue weighted by molar-refractivity contribution is 6.07. The van der Waals surface area contributed by atoms with Crippen LogP contribution in [-0.2, 0) is 14.1 Å². The maximum Gasteiger partial charge on any atom is 0.189 e. The predicted octanol–water partition coefficient (Wildman–Crippen LogP) is 1.67. The molecule has 0 atom stereocenters. The molecule has 94 valence electrons. The molecule has 2 rings (SSSR count). The van der Waals surface area contributed by atoms with Crippen molar-refractivity contribution in [2.45, 2.75) is 13.8 Å². The van der Waals surface area contributed by atoms with E-state index in [1.54, 1.807) is 27.7 Å². The van der Waals surface area contributed by atoms with Crippen LogP contribution in [0, 0.1) is 13.8 Å². The Bertz CT molecular complexity index is 619. The van der Waals surface area contributed by atoms with Gasteiger partial charge in [0.2, 0.25) is 0 Å². The van der Waals surface area contributed by atoms with Gasteiger partial charge in [0.05, 0.1) is 23.1 Å². The highest BCUT2D eigenvalue weighted by Crippen LogP contribution is 2.09. The van der Waals surface area contributed by atoms with E-state index in [0.717, 1.165) is 17.1 Å². The molecule has 0 amide bonds. The largest absolute Gasteiger partial charge is 0.289 e. The summed E-state index contributed by atoms with van der Waals surface area (Å²) < 4.78 is 3.44. The number of allylic oxidation sites excluding steroid dienone is 1. The van der Waals surface area contributed by atoms with Gasteiger partial charge in [0, 0.05) is 19.8 Å². The van der Waals surface area contributed by atoms with E-state index in [4.69, 9.17) is 0 Å². The summed E-state index contributed by atoms with van der Waals surface area (Å²) in [6.07, 6.45) is 4.92. The molecular weight excluding hydrogens is 228 g/mol. The highest BCUT2D eigenvalue weighted by atomic mass is 16.1. The molecule has 0 bridgehead atoms. The zero-order valence-corrected chi connectivity index (χ0v) is 11.0. The minimum Gasteiger partial charge on any atom is -0.289 e. The van der Waals surface area contributed by atoms with Gasteiger partial charge in [-0.05, 0) is 32.1 Å². The third-order valence-corrected chi connectivity index (χ3v) is 2.94. The van der Waals surface area contributed by atoms with E-state index in [0.29, 0.717) is 5.56 Å². The number of aryl methyl sites for hydroxylation is 3. The Morgan fingerprint density at radius 3 is 2.50 bits per heavy atom. The first kappa shape index (κ1) is 12.3.